The Hall–Kier alpha value is -2.10. The number of carboxylic acids is 1. The average Bonchev–Trinajstić information content (AvgIpc) is 2.69. The van der Waals surface area contributed by atoms with Gasteiger partial charge in [0.05, 0.1) is 12.1 Å². The first-order valence-electron chi connectivity index (χ1n) is 5.90. The minimum Gasteiger partial charge on any atom is -0.481 e. The summed E-state index contributed by atoms with van der Waals surface area (Å²) in [5, 5.41) is 8.68. The van der Waals surface area contributed by atoms with Gasteiger partial charge < -0.3 is 9.67 Å². The molecule has 2 aromatic rings. The predicted octanol–water partition coefficient (Wildman–Crippen LogP) is 2.51. The van der Waals surface area contributed by atoms with Crippen LogP contribution in [0.2, 0.25) is 0 Å². The molecule has 0 aliphatic carbocycles. The second-order valence-corrected chi connectivity index (χ2v) is 4.33. The molecule has 0 amide bonds. The van der Waals surface area contributed by atoms with E-state index in [0.717, 1.165) is 17.2 Å². The number of hydrogen-bond donors (Lipinski definition) is 1. The van der Waals surface area contributed by atoms with Crippen LogP contribution in [0, 0.1) is 13.8 Å². The third-order valence-corrected chi connectivity index (χ3v) is 2.90. The third kappa shape index (κ3) is 2.59. The quantitative estimate of drug-likeness (QED) is 0.899. The Morgan fingerprint density at radius 2 is 2.06 bits per heavy atom. The first kappa shape index (κ1) is 12.4. The van der Waals surface area contributed by atoms with Gasteiger partial charge in [-0.25, -0.2) is 4.98 Å². The molecule has 4 nitrogen and oxygen atoms in total. The average molecular weight is 244 g/mol. The lowest BCUT2D eigenvalue weighted by Gasteiger charge is -2.07. The molecule has 0 aliphatic heterocycles. The zero-order valence-corrected chi connectivity index (χ0v) is 10.6. The molecule has 0 spiro atoms. The van der Waals surface area contributed by atoms with Crippen LogP contribution in [0.3, 0.4) is 0 Å². The van der Waals surface area contributed by atoms with E-state index in [1.165, 1.54) is 5.56 Å². The zero-order valence-electron chi connectivity index (χ0n) is 10.6. The van der Waals surface area contributed by atoms with Crippen LogP contribution in [-0.2, 0) is 11.2 Å². The lowest BCUT2D eigenvalue weighted by Crippen LogP contribution is -1.98. The molecular weight excluding hydrogens is 228 g/mol. The standard InChI is InChI=1S/C14H16N2O2/c1-10-5-3-4-6-13(10)16-9-12(15-11(16)2)7-8-14(17)18/h3-6,9H,7-8H2,1-2H3,(H,17,18). The van der Waals surface area contributed by atoms with Gasteiger partial charge in [-0.05, 0) is 25.5 Å². The number of rotatable bonds is 4. The maximum Gasteiger partial charge on any atom is 0.303 e. The van der Waals surface area contributed by atoms with Gasteiger partial charge in [0.25, 0.3) is 0 Å². The van der Waals surface area contributed by atoms with Crippen molar-refractivity contribution in [2.75, 3.05) is 0 Å². The van der Waals surface area contributed by atoms with Crippen molar-refractivity contribution in [2.45, 2.75) is 26.7 Å². The Kier molecular flexibility index (Phi) is 3.46. The number of carbonyl (C=O) groups is 1. The zero-order chi connectivity index (χ0) is 13.1. The molecule has 1 aromatic heterocycles. The normalized spacial score (nSPS) is 10.6. The van der Waals surface area contributed by atoms with Crippen molar-refractivity contribution in [3.8, 4) is 5.69 Å². The Morgan fingerprint density at radius 1 is 1.33 bits per heavy atom. The van der Waals surface area contributed by atoms with E-state index in [1.54, 1.807) is 0 Å². The molecule has 0 saturated carbocycles. The molecule has 1 aromatic carbocycles. The van der Waals surface area contributed by atoms with Crippen LogP contribution in [0.5, 0.6) is 0 Å². The molecule has 0 radical (unpaired) electrons. The van der Waals surface area contributed by atoms with Crippen molar-refractivity contribution in [1.82, 2.24) is 9.55 Å². The highest BCUT2D eigenvalue weighted by atomic mass is 16.4. The fraction of sp³-hybridized carbons (Fsp3) is 0.286. The summed E-state index contributed by atoms with van der Waals surface area (Å²) < 4.78 is 2.01. The Balaban J connectivity index is 2.30. The van der Waals surface area contributed by atoms with Gasteiger partial charge in [-0.15, -0.1) is 0 Å². The lowest BCUT2D eigenvalue weighted by molar-refractivity contribution is -0.136. The van der Waals surface area contributed by atoms with E-state index in [9.17, 15) is 4.79 Å². The highest BCUT2D eigenvalue weighted by Gasteiger charge is 2.08. The molecule has 1 N–H and O–H groups in total. The molecule has 18 heavy (non-hydrogen) atoms. The minimum absolute atomic E-state index is 0.115. The summed E-state index contributed by atoms with van der Waals surface area (Å²) in [5.41, 5.74) is 3.07. The van der Waals surface area contributed by atoms with Crippen molar-refractivity contribution < 1.29 is 9.90 Å². The minimum atomic E-state index is -0.793. The second kappa shape index (κ2) is 5.04. The summed E-state index contributed by atoms with van der Waals surface area (Å²) >= 11 is 0. The van der Waals surface area contributed by atoms with Gasteiger partial charge in [0.1, 0.15) is 5.82 Å². The van der Waals surface area contributed by atoms with Gasteiger partial charge in [-0.2, -0.15) is 0 Å². The van der Waals surface area contributed by atoms with Gasteiger partial charge in [0.15, 0.2) is 0 Å². The molecule has 2 rings (SSSR count). The first-order chi connectivity index (χ1) is 8.58. The number of imidazole rings is 1. The third-order valence-electron chi connectivity index (χ3n) is 2.90. The molecule has 1 heterocycles. The first-order valence-corrected chi connectivity index (χ1v) is 5.90. The number of benzene rings is 1. The summed E-state index contributed by atoms with van der Waals surface area (Å²) in [5.74, 6) is 0.0859. The summed E-state index contributed by atoms with van der Waals surface area (Å²) in [4.78, 5) is 15.0. The highest BCUT2D eigenvalue weighted by molar-refractivity contribution is 5.66. The van der Waals surface area contributed by atoms with Crippen LogP contribution < -0.4 is 0 Å². The molecule has 4 heteroatoms. The van der Waals surface area contributed by atoms with Crippen molar-refractivity contribution in [3.05, 3.63) is 47.5 Å². The van der Waals surface area contributed by atoms with Gasteiger partial charge in [0, 0.05) is 18.3 Å². The number of nitrogens with zero attached hydrogens (tertiary/aromatic N) is 2. The maximum atomic E-state index is 10.6. The van der Waals surface area contributed by atoms with Crippen LogP contribution in [0.25, 0.3) is 5.69 Å². The number of para-hydroxylation sites is 1. The van der Waals surface area contributed by atoms with Gasteiger partial charge in [-0.1, -0.05) is 18.2 Å². The van der Waals surface area contributed by atoms with E-state index in [2.05, 4.69) is 4.98 Å². The smallest absolute Gasteiger partial charge is 0.303 e. The maximum absolute atomic E-state index is 10.6. The summed E-state index contributed by atoms with van der Waals surface area (Å²) in [6, 6.07) is 8.06. The molecule has 0 saturated heterocycles. The van der Waals surface area contributed by atoms with Crippen LogP contribution in [0.4, 0.5) is 0 Å². The van der Waals surface area contributed by atoms with Gasteiger partial charge in [-0.3, -0.25) is 4.79 Å². The number of hydrogen-bond acceptors (Lipinski definition) is 2. The summed E-state index contributed by atoms with van der Waals surface area (Å²) in [6.07, 6.45) is 2.50. The Labute approximate surface area is 106 Å². The fourth-order valence-corrected chi connectivity index (χ4v) is 1.97. The molecule has 0 bridgehead atoms. The fourth-order valence-electron chi connectivity index (χ4n) is 1.97. The van der Waals surface area contributed by atoms with Crippen LogP contribution in [0.1, 0.15) is 23.5 Å². The van der Waals surface area contributed by atoms with Crippen LogP contribution in [0.15, 0.2) is 30.5 Å². The lowest BCUT2D eigenvalue weighted by atomic mass is 10.2. The van der Waals surface area contributed by atoms with E-state index < -0.39 is 5.97 Å². The monoisotopic (exact) mass is 244 g/mol. The van der Waals surface area contributed by atoms with E-state index >= 15 is 0 Å². The SMILES string of the molecule is Cc1ccccc1-n1cc(CCC(=O)O)nc1C. The van der Waals surface area contributed by atoms with Crippen molar-refractivity contribution in [3.63, 3.8) is 0 Å². The number of aromatic nitrogens is 2. The van der Waals surface area contributed by atoms with Crippen molar-refractivity contribution in [2.24, 2.45) is 0 Å². The van der Waals surface area contributed by atoms with Gasteiger partial charge >= 0.3 is 5.97 Å². The molecule has 0 atom stereocenters. The number of aryl methyl sites for hydroxylation is 3. The molecule has 0 fully saturated rings. The Bertz CT molecular complexity index is 573. The van der Waals surface area contributed by atoms with Crippen molar-refractivity contribution >= 4 is 5.97 Å². The van der Waals surface area contributed by atoms with E-state index in [4.69, 9.17) is 5.11 Å². The van der Waals surface area contributed by atoms with Gasteiger partial charge in [0.2, 0.25) is 0 Å². The number of aliphatic carboxylic acids is 1. The van der Waals surface area contributed by atoms with E-state index in [1.807, 2.05) is 48.9 Å². The second-order valence-electron chi connectivity index (χ2n) is 4.33. The van der Waals surface area contributed by atoms with Crippen LogP contribution in [-0.4, -0.2) is 20.6 Å². The van der Waals surface area contributed by atoms with Crippen molar-refractivity contribution in [1.29, 1.82) is 0 Å². The molecule has 0 unspecified atom stereocenters. The molecular formula is C14H16N2O2. The summed E-state index contributed by atoms with van der Waals surface area (Å²) in [6.45, 7) is 3.97. The van der Waals surface area contributed by atoms with Crippen LogP contribution >= 0.6 is 0 Å². The van der Waals surface area contributed by atoms with E-state index in [0.29, 0.717) is 6.42 Å². The van der Waals surface area contributed by atoms with E-state index in [-0.39, 0.29) is 6.42 Å². The number of carboxylic acid groups (broad SMARTS) is 1. The topological polar surface area (TPSA) is 55.1 Å². The predicted molar refractivity (Wildman–Crippen MR) is 69.0 cm³/mol. The summed E-state index contributed by atoms with van der Waals surface area (Å²) in [7, 11) is 0. The largest absolute Gasteiger partial charge is 0.481 e. The molecule has 94 valence electrons. The Morgan fingerprint density at radius 3 is 2.72 bits per heavy atom. The molecule has 0 aliphatic rings. The highest BCUT2D eigenvalue weighted by Crippen LogP contribution is 2.17.